The lowest BCUT2D eigenvalue weighted by molar-refractivity contribution is -0.116. The molecule has 0 fully saturated rings. The van der Waals surface area contributed by atoms with E-state index in [0.717, 1.165) is 0 Å². The normalized spacial score (nSPS) is 12.6. The van der Waals surface area contributed by atoms with Crippen LogP contribution in [0.25, 0.3) is 0 Å². The summed E-state index contributed by atoms with van der Waals surface area (Å²) in [4.78, 5) is 18.6. The van der Waals surface area contributed by atoms with Crippen LogP contribution >= 0.6 is 0 Å². The van der Waals surface area contributed by atoms with E-state index in [9.17, 15) is 4.79 Å². The van der Waals surface area contributed by atoms with Crippen molar-refractivity contribution in [3.05, 3.63) is 11.8 Å². The van der Waals surface area contributed by atoms with Crippen molar-refractivity contribution in [2.45, 2.75) is 6.92 Å². The molecule has 0 aromatic heterocycles. The maximum atomic E-state index is 11.2. The van der Waals surface area contributed by atoms with Gasteiger partial charge in [-0.2, -0.15) is 0 Å². The number of hydrogen-bond acceptors (Lipinski definition) is 3. The van der Waals surface area contributed by atoms with Gasteiger partial charge in [-0.15, -0.1) is 0 Å². The Labute approximate surface area is 72.1 Å². The molecule has 0 rings (SSSR count). The molecule has 12 heavy (non-hydrogen) atoms. The standard InChI is InChI=1S/C8H13N3O/c1-6(10-3)7(5-9-2)8(12)11-4/h5H,2H2,1,3-4H3,(H,11,12)/b7-5+,10-6?. The molecule has 0 saturated carbocycles. The van der Waals surface area contributed by atoms with E-state index in [1.807, 2.05) is 0 Å². The number of carbonyl (C=O) groups is 1. The summed E-state index contributed by atoms with van der Waals surface area (Å²) in [7, 11) is 3.18. The minimum Gasteiger partial charge on any atom is -0.355 e. The van der Waals surface area contributed by atoms with Crippen LogP contribution in [-0.4, -0.2) is 32.4 Å². The minimum absolute atomic E-state index is 0.203. The van der Waals surface area contributed by atoms with E-state index < -0.39 is 0 Å². The molecule has 0 aromatic carbocycles. The lowest BCUT2D eigenvalue weighted by atomic mass is 10.2. The van der Waals surface area contributed by atoms with Crippen LogP contribution in [0, 0.1) is 0 Å². The van der Waals surface area contributed by atoms with Crippen molar-refractivity contribution in [2.24, 2.45) is 9.98 Å². The predicted octanol–water partition coefficient (Wildman–Crippen LogP) is 0.408. The number of rotatable bonds is 3. The first-order chi connectivity index (χ1) is 5.67. The van der Waals surface area contributed by atoms with Crippen LogP contribution in [-0.2, 0) is 4.79 Å². The average Bonchev–Trinajstić information content (AvgIpc) is 2.11. The van der Waals surface area contributed by atoms with Crippen molar-refractivity contribution in [3.63, 3.8) is 0 Å². The highest BCUT2D eigenvalue weighted by Gasteiger charge is 2.08. The van der Waals surface area contributed by atoms with Crippen molar-refractivity contribution in [2.75, 3.05) is 14.1 Å². The molecule has 4 heteroatoms. The van der Waals surface area contributed by atoms with E-state index >= 15 is 0 Å². The Balaban J connectivity index is 4.80. The van der Waals surface area contributed by atoms with Gasteiger partial charge in [0.2, 0.25) is 0 Å². The fourth-order valence-corrected chi connectivity index (χ4v) is 0.663. The molecule has 0 aliphatic carbocycles. The lowest BCUT2D eigenvalue weighted by Gasteiger charge is -2.02. The van der Waals surface area contributed by atoms with Crippen molar-refractivity contribution >= 4 is 18.3 Å². The Kier molecular flexibility index (Phi) is 4.60. The zero-order chi connectivity index (χ0) is 9.56. The van der Waals surface area contributed by atoms with Crippen LogP contribution in [0.2, 0.25) is 0 Å². The molecule has 0 aliphatic heterocycles. The van der Waals surface area contributed by atoms with Crippen molar-refractivity contribution in [1.29, 1.82) is 0 Å². The first-order valence-corrected chi connectivity index (χ1v) is 3.49. The lowest BCUT2D eigenvalue weighted by Crippen LogP contribution is -2.23. The topological polar surface area (TPSA) is 53.8 Å². The van der Waals surface area contributed by atoms with Crippen LogP contribution in [0.4, 0.5) is 0 Å². The Morgan fingerprint density at radius 3 is 2.50 bits per heavy atom. The Morgan fingerprint density at radius 2 is 2.17 bits per heavy atom. The van der Waals surface area contributed by atoms with E-state index in [2.05, 4.69) is 22.0 Å². The van der Waals surface area contributed by atoms with Gasteiger partial charge in [-0.1, -0.05) is 0 Å². The zero-order valence-corrected chi connectivity index (χ0v) is 7.59. The number of amides is 1. The summed E-state index contributed by atoms with van der Waals surface area (Å²) in [5.74, 6) is -0.203. The van der Waals surface area contributed by atoms with Crippen molar-refractivity contribution in [3.8, 4) is 0 Å². The first kappa shape index (κ1) is 10.6. The van der Waals surface area contributed by atoms with E-state index in [1.54, 1.807) is 21.0 Å². The number of nitrogens with one attached hydrogen (secondary N) is 1. The molecule has 0 saturated heterocycles. The highest BCUT2D eigenvalue weighted by atomic mass is 16.1. The fraction of sp³-hybridized carbons (Fsp3) is 0.375. The SMILES string of the molecule is C=N/C=C(/C(=O)NC)C(C)=NC. The van der Waals surface area contributed by atoms with Gasteiger partial charge in [-0.3, -0.25) is 14.8 Å². The molecule has 0 atom stereocenters. The van der Waals surface area contributed by atoms with Gasteiger partial charge in [-0.05, 0) is 13.6 Å². The fourth-order valence-electron chi connectivity index (χ4n) is 0.663. The van der Waals surface area contributed by atoms with Gasteiger partial charge < -0.3 is 5.32 Å². The number of carbonyl (C=O) groups excluding carboxylic acids is 1. The van der Waals surface area contributed by atoms with Crippen molar-refractivity contribution < 1.29 is 4.79 Å². The van der Waals surface area contributed by atoms with E-state index in [4.69, 9.17) is 0 Å². The highest BCUT2D eigenvalue weighted by molar-refractivity contribution is 6.20. The molecule has 0 bridgehead atoms. The summed E-state index contributed by atoms with van der Waals surface area (Å²) in [5, 5.41) is 2.49. The quantitative estimate of drug-likeness (QED) is 0.480. The molecule has 0 spiro atoms. The largest absolute Gasteiger partial charge is 0.355 e. The average molecular weight is 167 g/mol. The monoisotopic (exact) mass is 167 g/mol. The smallest absolute Gasteiger partial charge is 0.254 e. The van der Waals surface area contributed by atoms with Gasteiger partial charge in [0.1, 0.15) is 0 Å². The third-order valence-electron chi connectivity index (χ3n) is 1.42. The summed E-state index contributed by atoms with van der Waals surface area (Å²) in [6, 6.07) is 0. The van der Waals surface area contributed by atoms with Crippen molar-refractivity contribution in [1.82, 2.24) is 5.32 Å². The Hall–Kier alpha value is -1.45. The third-order valence-corrected chi connectivity index (χ3v) is 1.42. The van der Waals surface area contributed by atoms with E-state index in [1.165, 1.54) is 6.20 Å². The van der Waals surface area contributed by atoms with Gasteiger partial charge in [0.25, 0.3) is 5.91 Å². The predicted molar refractivity (Wildman–Crippen MR) is 50.7 cm³/mol. The molecule has 0 aromatic rings. The Morgan fingerprint density at radius 1 is 1.58 bits per heavy atom. The van der Waals surface area contributed by atoms with Crippen LogP contribution in [0.15, 0.2) is 21.8 Å². The van der Waals surface area contributed by atoms with Gasteiger partial charge in [0.15, 0.2) is 0 Å². The van der Waals surface area contributed by atoms with Crippen LogP contribution < -0.4 is 5.32 Å². The second-order valence-electron chi connectivity index (χ2n) is 2.11. The summed E-state index contributed by atoms with van der Waals surface area (Å²) >= 11 is 0. The molecule has 0 radical (unpaired) electrons. The molecule has 4 nitrogen and oxygen atoms in total. The van der Waals surface area contributed by atoms with Crippen LogP contribution in [0.1, 0.15) is 6.92 Å². The van der Waals surface area contributed by atoms with Gasteiger partial charge in [-0.25, -0.2) is 0 Å². The minimum atomic E-state index is -0.203. The molecule has 0 heterocycles. The number of nitrogens with zero attached hydrogens (tertiary/aromatic N) is 2. The summed E-state index contributed by atoms with van der Waals surface area (Å²) in [6.45, 7) is 5.01. The molecule has 1 amide bonds. The number of hydrogen-bond donors (Lipinski definition) is 1. The molecular weight excluding hydrogens is 154 g/mol. The molecule has 1 N–H and O–H groups in total. The highest BCUT2D eigenvalue weighted by Crippen LogP contribution is 1.98. The second kappa shape index (κ2) is 5.23. The maximum absolute atomic E-state index is 11.2. The van der Waals surface area contributed by atoms with Crippen LogP contribution in [0.3, 0.4) is 0 Å². The third kappa shape index (κ3) is 2.65. The molecule has 66 valence electrons. The molecule has 0 unspecified atom stereocenters. The summed E-state index contributed by atoms with van der Waals surface area (Å²) < 4.78 is 0. The summed E-state index contributed by atoms with van der Waals surface area (Å²) in [5.41, 5.74) is 1.08. The second-order valence-corrected chi connectivity index (χ2v) is 2.11. The maximum Gasteiger partial charge on any atom is 0.254 e. The first-order valence-electron chi connectivity index (χ1n) is 3.49. The van der Waals surface area contributed by atoms with Crippen LogP contribution in [0.5, 0.6) is 0 Å². The molecule has 0 aliphatic rings. The number of aliphatic imine (C=N–C) groups is 2. The van der Waals surface area contributed by atoms with Gasteiger partial charge in [0.05, 0.1) is 5.57 Å². The molecular formula is C8H13N3O. The summed E-state index contributed by atoms with van der Waals surface area (Å²) in [6.07, 6.45) is 1.39. The Bertz CT molecular complexity index is 241. The van der Waals surface area contributed by atoms with E-state index in [-0.39, 0.29) is 5.91 Å². The van der Waals surface area contributed by atoms with Gasteiger partial charge in [0, 0.05) is 26.0 Å². The number of likely N-dealkylation sites (N-methyl/N-ethyl adjacent to an activating group) is 1. The zero-order valence-electron chi connectivity index (χ0n) is 7.59. The van der Waals surface area contributed by atoms with Gasteiger partial charge >= 0.3 is 0 Å². The van der Waals surface area contributed by atoms with E-state index in [0.29, 0.717) is 11.3 Å².